The van der Waals surface area contributed by atoms with Crippen LogP contribution in [0.25, 0.3) is 10.9 Å². The number of aromatic nitrogens is 1. The van der Waals surface area contributed by atoms with Crippen molar-refractivity contribution in [1.82, 2.24) is 14.4 Å². The van der Waals surface area contributed by atoms with Gasteiger partial charge in [-0.3, -0.25) is 9.69 Å². The van der Waals surface area contributed by atoms with Gasteiger partial charge in [-0.25, -0.2) is 0 Å². The zero-order chi connectivity index (χ0) is 26.0. The van der Waals surface area contributed by atoms with E-state index in [0.717, 1.165) is 84.2 Å². The van der Waals surface area contributed by atoms with Crippen molar-refractivity contribution in [3.05, 3.63) is 70.3 Å². The van der Waals surface area contributed by atoms with Crippen molar-refractivity contribution in [2.24, 2.45) is 18.1 Å². The Morgan fingerprint density at radius 1 is 1.05 bits per heavy atom. The molecule has 2 fully saturated rings. The Bertz CT molecular complexity index is 1270. The Labute approximate surface area is 228 Å². The molecule has 3 aromatic rings. The van der Waals surface area contributed by atoms with Gasteiger partial charge in [-0.05, 0) is 82.4 Å². The van der Waals surface area contributed by atoms with E-state index in [4.69, 9.17) is 4.84 Å². The summed E-state index contributed by atoms with van der Waals surface area (Å²) in [5.41, 5.74) is 4.21. The van der Waals surface area contributed by atoms with Crippen molar-refractivity contribution in [2.75, 3.05) is 32.8 Å². The van der Waals surface area contributed by atoms with Crippen LogP contribution in [0.2, 0.25) is 0 Å². The molecule has 2 saturated heterocycles. The van der Waals surface area contributed by atoms with Gasteiger partial charge in [0.15, 0.2) is 0 Å². The molecule has 196 valence electrons. The van der Waals surface area contributed by atoms with E-state index in [0.29, 0.717) is 12.5 Å². The number of carbonyl (C=O) groups is 1. The summed E-state index contributed by atoms with van der Waals surface area (Å²) >= 11 is 3.54. The molecule has 0 unspecified atom stereocenters. The summed E-state index contributed by atoms with van der Waals surface area (Å²) in [5, 5.41) is 5.66. The van der Waals surface area contributed by atoms with Crippen LogP contribution in [0.1, 0.15) is 55.6 Å². The number of rotatable bonds is 6. The van der Waals surface area contributed by atoms with Gasteiger partial charge in [-0.15, -0.1) is 0 Å². The fraction of sp³-hybridized carbons (Fsp3) is 0.467. The van der Waals surface area contributed by atoms with E-state index < -0.39 is 0 Å². The minimum atomic E-state index is 0.121. The Balaban J connectivity index is 1.21. The monoisotopic (exact) mass is 564 g/mol. The van der Waals surface area contributed by atoms with E-state index in [1.165, 1.54) is 0 Å². The van der Waals surface area contributed by atoms with Crippen LogP contribution in [-0.4, -0.2) is 64.3 Å². The smallest absolute Gasteiger partial charge is 0.270 e. The molecule has 0 atom stereocenters. The lowest BCUT2D eigenvalue weighted by atomic mass is 9.82. The Hall–Kier alpha value is -2.64. The molecule has 2 aliphatic heterocycles. The van der Waals surface area contributed by atoms with Gasteiger partial charge in [-0.2, -0.15) is 0 Å². The molecule has 7 heteroatoms. The average molecular weight is 566 g/mol. The minimum Gasteiger partial charge on any atom is -0.396 e. The number of hydrogen-bond acceptors (Lipinski definition) is 4. The molecule has 3 heterocycles. The van der Waals surface area contributed by atoms with Crippen molar-refractivity contribution < 1.29 is 9.63 Å². The number of amides is 1. The summed E-state index contributed by atoms with van der Waals surface area (Å²) < 4.78 is 3.10. The summed E-state index contributed by atoms with van der Waals surface area (Å²) in [7, 11) is 1.99. The average Bonchev–Trinajstić information content (AvgIpc) is 3.26. The molecule has 2 aromatic carbocycles. The van der Waals surface area contributed by atoms with Crippen molar-refractivity contribution >= 4 is 38.5 Å². The Morgan fingerprint density at radius 2 is 1.73 bits per heavy atom. The molecule has 1 amide bonds. The standard InChI is InChI=1S/C30H37BrN4O2/c1-4-37-32-28(22-9-11-25(31)12-10-22)23-13-17-35(18-14-23)30(2)15-19-34(20-16-30)29(36)27-21-24-7-5-6-8-26(24)33(27)3/h5-12,21,23H,4,13-20H2,1-3H3. The van der Waals surface area contributed by atoms with E-state index in [1.54, 1.807) is 0 Å². The predicted molar refractivity (Wildman–Crippen MR) is 153 cm³/mol. The predicted octanol–water partition coefficient (Wildman–Crippen LogP) is 6.09. The van der Waals surface area contributed by atoms with Crippen LogP contribution in [0.4, 0.5) is 0 Å². The first-order chi connectivity index (χ1) is 17.9. The number of oxime groups is 1. The quantitative estimate of drug-likeness (QED) is 0.269. The maximum absolute atomic E-state index is 13.4. The third kappa shape index (κ3) is 5.34. The van der Waals surface area contributed by atoms with Gasteiger partial charge in [0.2, 0.25) is 0 Å². The van der Waals surface area contributed by atoms with Crippen LogP contribution in [0.15, 0.2) is 64.2 Å². The Morgan fingerprint density at radius 3 is 2.38 bits per heavy atom. The molecule has 6 nitrogen and oxygen atoms in total. The summed E-state index contributed by atoms with van der Waals surface area (Å²) in [6, 6.07) is 18.6. The molecule has 0 radical (unpaired) electrons. The fourth-order valence-corrected chi connectivity index (χ4v) is 6.24. The molecule has 0 spiro atoms. The lowest BCUT2D eigenvalue weighted by molar-refractivity contribution is 0.0158. The van der Waals surface area contributed by atoms with Gasteiger partial charge in [0.1, 0.15) is 12.3 Å². The molecule has 5 rings (SSSR count). The molecule has 1 aromatic heterocycles. The lowest BCUT2D eigenvalue weighted by Gasteiger charge is -2.49. The number of fused-ring (bicyclic) bond motifs is 1. The molecular weight excluding hydrogens is 528 g/mol. The summed E-state index contributed by atoms with van der Waals surface area (Å²) in [5.74, 6) is 0.534. The van der Waals surface area contributed by atoms with E-state index in [1.807, 2.05) is 41.6 Å². The summed E-state index contributed by atoms with van der Waals surface area (Å²) in [6.45, 7) is 8.61. The molecule has 0 saturated carbocycles. The molecular formula is C30H37BrN4O2. The van der Waals surface area contributed by atoms with E-state index in [2.05, 4.69) is 69.3 Å². The highest BCUT2D eigenvalue weighted by Gasteiger charge is 2.39. The number of piperidine rings is 2. The highest BCUT2D eigenvalue weighted by Crippen LogP contribution is 2.34. The largest absolute Gasteiger partial charge is 0.396 e. The van der Waals surface area contributed by atoms with Crippen LogP contribution in [0.5, 0.6) is 0 Å². The first-order valence-corrected chi connectivity index (χ1v) is 14.2. The zero-order valence-corrected chi connectivity index (χ0v) is 23.7. The zero-order valence-electron chi connectivity index (χ0n) is 22.1. The fourth-order valence-electron chi connectivity index (χ4n) is 5.97. The van der Waals surface area contributed by atoms with Gasteiger partial charge in [-0.1, -0.05) is 51.4 Å². The Kier molecular flexibility index (Phi) is 7.72. The second-order valence-corrected chi connectivity index (χ2v) is 11.5. The maximum Gasteiger partial charge on any atom is 0.270 e. The number of nitrogens with zero attached hydrogens (tertiary/aromatic N) is 4. The third-order valence-corrected chi connectivity index (χ3v) is 8.90. The van der Waals surface area contributed by atoms with Crippen molar-refractivity contribution in [3.8, 4) is 0 Å². The number of likely N-dealkylation sites (tertiary alicyclic amines) is 2. The highest BCUT2D eigenvalue weighted by atomic mass is 79.9. The van der Waals surface area contributed by atoms with Crippen LogP contribution >= 0.6 is 15.9 Å². The molecule has 2 aliphatic rings. The number of halogens is 1. The number of benzene rings is 2. The SMILES string of the molecule is CCON=C(c1ccc(Br)cc1)C1CCN(C2(C)CCN(C(=O)c3cc4ccccc4n3C)CC2)CC1. The van der Waals surface area contributed by atoms with Crippen molar-refractivity contribution in [1.29, 1.82) is 0 Å². The van der Waals surface area contributed by atoms with Crippen LogP contribution in [0, 0.1) is 5.92 Å². The van der Waals surface area contributed by atoms with Gasteiger partial charge in [0.05, 0.1) is 5.71 Å². The summed E-state index contributed by atoms with van der Waals surface area (Å²) in [6.07, 6.45) is 4.13. The van der Waals surface area contributed by atoms with E-state index >= 15 is 0 Å². The van der Waals surface area contributed by atoms with Gasteiger partial charge >= 0.3 is 0 Å². The van der Waals surface area contributed by atoms with Crippen LogP contribution in [0.3, 0.4) is 0 Å². The van der Waals surface area contributed by atoms with Gasteiger partial charge in [0, 0.05) is 47.0 Å². The number of carbonyl (C=O) groups excluding carboxylic acids is 1. The van der Waals surface area contributed by atoms with E-state index in [-0.39, 0.29) is 11.4 Å². The molecule has 0 bridgehead atoms. The normalized spacial score (nSPS) is 19.4. The highest BCUT2D eigenvalue weighted by molar-refractivity contribution is 9.10. The lowest BCUT2D eigenvalue weighted by Crippen LogP contribution is -2.56. The van der Waals surface area contributed by atoms with Crippen LogP contribution < -0.4 is 0 Å². The minimum absolute atomic E-state index is 0.121. The molecule has 37 heavy (non-hydrogen) atoms. The first-order valence-electron chi connectivity index (χ1n) is 13.4. The third-order valence-electron chi connectivity index (χ3n) is 8.38. The van der Waals surface area contributed by atoms with Gasteiger partial charge < -0.3 is 14.3 Å². The number of hydrogen-bond donors (Lipinski definition) is 0. The van der Waals surface area contributed by atoms with Crippen LogP contribution in [-0.2, 0) is 11.9 Å². The van der Waals surface area contributed by atoms with Crippen molar-refractivity contribution in [3.63, 3.8) is 0 Å². The number of para-hydroxylation sites is 1. The van der Waals surface area contributed by atoms with Gasteiger partial charge in [0.25, 0.3) is 5.91 Å². The second-order valence-electron chi connectivity index (χ2n) is 10.6. The molecule has 0 N–H and O–H groups in total. The van der Waals surface area contributed by atoms with E-state index in [9.17, 15) is 4.79 Å². The number of aryl methyl sites for hydroxylation is 1. The van der Waals surface area contributed by atoms with Crippen molar-refractivity contribution in [2.45, 2.75) is 45.1 Å². The molecule has 0 aliphatic carbocycles. The first kappa shape index (κ1) is 26.0. The summed E-state index contributed by atoms with van der Waals surface area (Å²) in [4.78, 5) is 23.6. The second kappa shape index (κ2) is 11.0. The maximum atomic E-state index is 13.4. The topological polar surface area (TPSA) is 50.1 Å².